The molecule has 154 valence electrons. The quantitative estimate of drug-likeness (QED) is 0.260. The molecule has 3 rings (SSSR count). The second-order valence-electron chi connectivity index (χ2n) is 6.10. The van der Waals surface area contributed by atoms with Crippen LogP contribution >= 0.6 is 23.2 Å². The van der Waals surface area contributed by atoms with Gasteiger partial charge in [0.15, 0.2) is 6.54 Å². The van der Waals surface area contributed by atoms with E-state index >= 15 is 0 Å². The molecule has 0 saturated carbocycles. The lowest BCUT2D eigenvalue weighted by atomic mass is 10.1. The fraction of sp³-hybridized carbons (Fsp3) is 0.150. The first-order chi connectivity index (χ1) is 14.4. The number of ether oxygens (including phenoxy) is 1. The Balaban J connectivity index is 1.94. The molecule has 0 bridgehead atoms. The Labute approximate surface area is 181 Å². The maximum Gasteiger partial charge on any atom is 0.434 e. The van der Waals surface area contributed by atoms with Gasteiger partial charge in [-0.05, 0) is 48.9 Å². The van der Waals surface area contributed by atoms with E-state index in [1.165, 1.54) is 6.21 Å². The summed E-state index contributed by atoms with van der Waals surface area (Å²) in [4.78, 5) is 38.4. The lowest BCUT2D eigenvalue weighted by Gasteiger charge is -2.01. The Bertz CT molecular complexity index is 1150. The maximum absolute atomic E-state index is 12.7. The van der Waals surface area contributed by atoms with Crippen LogP contribution in [0.4, 0.5) is 0 Å². The number of ketones is 1. The van der Waals surface area contributed by atoms with Crippen molar-refractivity contribution >= 4 is 41.2 Å². The SMILES string of the molecule is CCOC(=O)c1c(=O)n(N=Cc2ccc(Cl)cc2)[nH][n+]1CC(=O)c1ccc(Cl)cc1. The standard InChI is InChI=1S/C20H16Cl2N4O4/c1-2-30-20(29)18-19(28)26(23-11-13-3-7-15(21)8-4-13)24-25(18)12-17(27)14-5-9-16(22)10-6-14/h3-11H,2,12H2,1H3/p+1. The molecule has 0 unspecified atom stereocenters. The minimum absolute atomic E-state index is 0.0721. The van der Waals surface area contributed by atoms with Crippen molar-refractivity contribution in [2.45, 2.75) is 13.5 Å². The first kappa shape index (κ1) is 21.5. The zero-order valence-electron chi connectivity index (χ0n) is 15.8. The molecule has 1 N–H and O–H groups in total. The third kappa shape index (κ3) is 5.03. The van der Waals surface area contributed by atoms with Crippen LogP contribution in [0.25, 0.3) is 0 Å². The summed E-state index contributed by atoms with van der Waals surface area (Å²) in [5, 5.41) is 7.73. The average molecular weight is 448 g/mol. The first-order valence-corrected chi connectivity index (χ1v) is 9.65. The van der Waals surface area contributed by atoms with Crippen molar-refractivity contribution in [1.29, 1.82) is 0 Å². The number of carbonyl (C=O) groups excluding carboxylic acids is 2. The molecule has 3 aromatic rings. The summed E-state index contributed by atoms with van der Waals surface area (Å²) < 4.78 is 6.06. The summed E-state index contributed by atoms with van der Waals surface area (Å²) in [5.74, 6) is -1.19. The second kappa shape index (κ2) is 9.51. The van der Waals surface area contributed by atoms with Crippen LogP contribution in [0.15, 0.2) is 58.4 Å². The van der Waals surface area contributed by atoms with Crippen LogP contribution in [0.1, 0.15) is 33.3 Å². The van der Waals surface area contributed by atoms with Gasteiger partial charge in [-0.3, -0.25) is 4.79 Å². The number of Topliss-reactive ketones (excluding diaryl/α,β-unsaturated/α-hetero) is 1. The molecule has 0 aliphatic carbocycles. The van der Waals surface area contributed by atoms with Crippen molar-refractivity contribution in [3.63, 3.8) is 0 Å². The predicted octanol–water partition coefficient (Wildman–Crippen LogP) is 2.71. The van der Waals surface area contributed by atoms with E-state index in [-0.39, 0.29) is 24.6 Å². The van der Waals surface area contributed by atoms with Gasteiger partial charge in [-0.25, -0.2) is 9.59 Å². The highest BCUT2D eigenvalue weighted by atomic mass is 35.5. The normalized spacial score (nSPS) is 11.0. The van der Waals surface area contributed by atoms with E-state index in [2.05, 4.69) is 10.3 Å². The monoisotopic (exact) mass is 447 g/mol. The highest BCUT2D eigenvalue weighted by molar-refractivity contribution is 6.30. The molecule has 8 nitrogen and oxygen atoms in total. The van der Waals surface area contributed by atoms with E-state index < -0.39 is 11.5 Å². The van der Waals surface area contributed by atoms with Gasteiger partial charge >= 0.3 is 17.2 Å². The number of halogens is 2. The van der Waals surface area contributed by atoms with E-state index in [1.54, 1.807) is 55.5 Å². The van der Waals surface area contributed by atoms with Crippen LogP contribution in [0, 0.1) is 0 Å². The van der Waals surface area contributed by atoms with Gasteiger partial charge in [-0.1, -0.05) is 45.6 Å². The van der Waals surface area contributed by atoms with Crippen LogP contribution in [0.3, 0.4) is 0 Å². The van der Waals surface area contributed by atoms with Crippen LogP contribution in [-0.2, 0) is 11.3 Å². The van der Waals surface area contributed by atoms with Gasteiger partial charge < -0.3 is 4.74 Å². The highest BCUT2D eigenvalue weighted by Gasteiger charge is 2.31. The topological polar surface area (TPSA) is 97.4 Å². The summed E-state index contributed by atoms with van der Waals surface area (Å²) in [7, 11) is 0. The third-order valence-corrected chi connectivity index (χ3v) is 4.51. The average Bonchev–Trinajstić information content (AvgIpc) is 3.03. The van der Waals surface area contributed by atoms with Crippen molar-refractivity contribution < 1.29 is 19.0 Å². The summed E-state index contributed by atoms with van der Waals surface area (Å²) in [6.07, 6.45) is 1.41. The number of benzene rings is 2. The molecule has 30 heavy (non-hydrogen) atoms. The van der Waals surface area contributed by atoms with E-state index in [9.17, 15) is 14.4 Å². The molecule has 0 saturated heterocycles. The van der Waals surface area contributed by atoms with E-state index in [1.807, 2.05) is 0 Å². The Hall–Kier alpha value is -3.23. The largest absolute Gasteiger partial charge is 0.459 e. The molecule has 0 amide bonds. The molecule has 0 fully saturated rings. The summed E-state index contributed by atoms with van der Waals surface area (Å²) in [6, 6.07) is 13.1. The van der Waals surface area contributed by atoms with Gasteiger partial charge in [-0.2, -0.15) is 0 Å². The maximum atomic E-state index is 12.7. The molecular formula is C20H17Cl2N4O4+. The second-order valence-corrected chi connectivity index (χ2v) is 6.97. The molecular weight excluding hydrogens is 431 g/mol. The minimum Gasteiger partial charge on any atom is -0.459 e. The van der Waals surface area contributed by atoms with Gasteiger partial charge in [0.1, 0.15) is 0 Å². The summed E-state index contributed by atoms with van der Waals surface area (Å²) in [6.45, 7) is 1.39. The third-order valence-electron chi connectivity index (χ3n) is 4.01. The fourth-order valence-electron chi connectivity index (χ4n) is 2.56. The van der Waals surface area contributed by atoms with Crippen molar-refractivity contribution in [1.82, 2.24) is 10.0 Å². The minimum atomic E-state index is -0.858. The molecule has 10 heteroatoms. The Kier molecular flexibility index (Phi) is 6.81. The van der Waals surface area contributed by atoms with Gasteiger partial charge in [0, 0.05) is 20.4 Å². The number of aromatic nitrogens is 3. The number of hydrogen-bond donors (Lipinski definition) is 1. The van der Waals surface area contributed by atoms with Crippen molar-refractivity contribution in [3.05, 3.63) is 85.8 Å². The molecule has 1 heterocycles. The smallest absolute Gasteiger partial charge is 0.434 e. The van der Waals surface area contributed by atoms with Gasteiger partial charge in [0.05, 0.1) is 12.8 Å². The number of H-pyrrole nitrogens is 1. The fourth-order valence-corrected chi connectivity index (χ4v) is 2.81. The zero-order valence-corrected chi connectivity index (χ0v) is 17.4. The van der Waals surface area contributed by atoms with E-state index in [0.717, 1.165) is 9.47 Å². The van der Waals surface area contributed by atoms with Crippen LogP contribution in [-0.4, -0.2) is 34.6 Å². The summed E-state index contributed by atoms with van der Waals surface area (Å²) >= 11 is 11.7. The summed E-state index contributed by atoms with van der Waals surface area (Å²) in [5.41, 5.74) is -0.0302. The molecule has 0 radical (unpaired) electrons. The van der Waals surface area contributed by atoms with Crippen molar-refractivity contribution in [2.75, 3.05) is 6.61 Å². The Morgan fingerprint density at radius 1 is 1.10 bits per heavy atom. The number of carbonyl (C=O) groups is 2. The Morgan fingerprint density at radius 3 is 2.30 bits per heavy atom. The predicted molar refractivity (Wildman–Crippen MR) is 111 cm³/mol. The zero-order chi connectivity index (χ0) is 21.7. The van der Waals surface area contributed by atoms with Gasteiger partial charge in [0.2, 0.25) is 5.78 Å². The van der Waals surface area contributed by atoms with Gasteiger partial charge in [0.25, 0.3) is 0 Å². The molecule has 2 aromatic carbocycles. The molecule has 0 atom stereocenters. The van der Waals surface area contributed by atoms with Gasteiger partial charge in [-0.15, -0.1) is 4.68 Å². The van der Waals surface area contributed by atoms with Crippen LogP contribution in [0.5, 0.6) is 0 Å². The van der Waals surface area contributed by atoms with Crippen molar-refractivity contribution in [2.24, 2.45) is 5.10 Å². The molecule has 0 aliphatic heterocycles. The van der Waals surface area contributed by atoms with Crippen LogP contribution < -0.4 is 10.2 Å². The number of nitrogens with one attached hydrogen (secondary N) is 1. The number of esters is 1. The molecule has 1 aromatic heterocycles. The number of hydrogen-bond acceptors (Lipinski definition) is 5. The number of rotatable bonds is 7. The highest BCUT2D eigenvalue weighted by Crippen LogP contribution is 2.10. The lowest BCUT2D eigenvalue weighted by molar-refractivity contribution is -0.744. The van der Waals surface area contributed by atoms with Crippen molar-refractivity contribution in [3.8, 4) is 0 Å². The molecule has 0 spiro atoms. The number of aromatic amines is 1. The van der Waals surface area contributed by atoms with Crippen LogP contribution in [0.2, 0.25) is 10.0 Å². The van der Waals surface area contributed by atoms with E-state index in [4.69, 9.17) is 27.9 Å². The molecule has 0 aliphatic rings. The van der Waals surface area contributed by atoms with E-state index in [0.29, 0.717) is 21.2 Å². The Morgan fingerprint density at radius 2 is 1.70 bits per heavy atom. The lowest BCUT2D eigenvalue weighted by Crippen LogP contribution is -2.46. The number of nitrogens with zero attached hydrogens (tertiary/aromatic N) is 3. The first-order valence-electron chi connectivity index (χ1n) is 8.89.